The minimum Gasteiger partial charge on any atom is -0.454 e. The highest BCUT2D eigenvalue weighted by atomic mass is 32.1. The Morgan fingerprint density at radius 2 is 1.94 bits per heavy atom. The SMILES string of the molecule is O=C(C=Cc1ccc2c(c1)OCO2)Nc1ccc2c(c1)CN(C(=O)c1cccs1)CC2. The molecule has 0 atom stereocenters. The lowest BCUT2D eigenvalue weighted by atomic mass is 9.99. The zero-order valence-electron chi connectivity index (χ0n) is 16.7. The second-order valence-corrected chi connectivity index (χ2v) is 8.32. The van der Waals surface area contributed by atoms with Crippen molar-refractivity contribution in [2.75, 3.05) is 18.7 Å². The number of nitrogens with zero attached hydrogens (tertiary/aromatic N) is 1. The van der Waals surface area contributed by atoms with Crippen molar-refractivity contribution < 1.29 is 19.1 Å². The summed E-state index contributed by atoms with van der Waals surface area (Å²) in [6.45, 7) is 1.47. The molecular weight excluding hydrogens is 412 g/mol. The first-order valence-corrected chi connectivity index (χ1v) is 10.9. The number of anilines is 1. The van der Waals surface area contributed by atoms with Gasteiger partial charge in [0.1, 0.15) is 0 Å². The predicted molar refractivity (Wildman–Crippen MR) is 119 cm³/mol. The molecule has 2 amide bonds. The third-order valence-electron chi connectivity index (χ3n) is 5.33. The smallest absolute Gasteiger partial charge is 0.264 e. The number of ether oxygens (including phenoxy) is 2. The third-order valence-corrected chi connectivity index (χ3v) is 6.19. The van der Waals surface area contributed by atoms with E-state index >= 15 is 0 Å². The monoisotopic (exact) mass is 432 g/mol. The molecule has 1 aromatic heterocycles. The van der Waals surface area contributed by atoms with Crippen LogP contribution in [0.5, 0.6) is 11.5 Å². The molecule has 1 N–H and O–H groups in total. The van der Waals surface area contributed by atoms with E-state index in [9.17, 15) is 9.59 Å². The first kappa shape index (κ1) is 19.4. The van der Waals surface area contributed by atoms with Crippen LogP contribution in [0.25, 0.3) is 6.08 Å². The second kappa shape index (κ2) is 8.28. The van der Waals surface area contributed by atoms with Gasteiger partial charge in [-0.3, -0.25) is 9.59 Å². The van der Waals surface area contributed by atoms with Crippen LogP contribution in [-0.2, 0) is 17.8 Å². The van der Waals surface area contributed by atoms with Gasteiger partial charge in [0.25, 0.3) is 5.91 Å². The van der Waals surface area contributed by atoms with Gasteiger partial charge in [0.15, 0.2) is 11.5 Å². The molecule has 0 fully saturated rings. The molecule has 7 heteroatoms. The molecule has 0 spiro atoms. The molecular formula is C24H20N2O4S. The van der Waals surface area contributed by atoms with Crippen molar-refractivity contribution in [1.82, 2.24) is 4.90 Å². The van der Waals surface area contributed by atoms with Crippen molar-refractivity contribution in [1.29, 1.82) is 0 Å². The van der Waals surface area contributed by atoms with Gasteiger partial charge >= 0.3 is 0 Å². The number of carbonyl (C=O) groups excluding carboxylic acids is 2. The molecule has 6 nitrogen and oxygen atoms in total. The predicted octanol–water partition coefficient (Wildman–Crippen LogP) is 4.33. The first-order chi connectivity index (χ1) is 15.2. The molecule has 2 aliphatic rings. The van der Waals surface area contributed by atoms with Crippen molar-refractivity contribution >= 4 is 34.9 Å². The molecule has 0 bridgehead atoms. The highest BCUT2D eigenvalue weighted by Gasteiger charge is 2.22. The molecule has 0 aliphatic carbocycles. The van der Waals surface area contributed by atoms with E-state index in [1.165, 1.54) is 23.0 Å². The second-order valence-electron chi connectivity index (χ2n) is 7.37. The van der Waals surface area contributed by atoms with Crippen molar-refractivity contribution in [2.45, 2.75) is 13.0 Å². The van der Waals surface area contributed by atoms with Gasteiger partial charge in [-0.05, 0) is 64.9 Å². The Bertz CT molecular complexity index is 1170. The number of benzene rings is 2. The highest BCUT2D eigenvalue weighted by molar-refractivity contribution is 7.12. The van der Waals surface area contributed by atoms with E-state index in [2.05, 4.69) is 5.32 Å². The van der Waals surface area contributed by atoms with Crippen LogP contribution in [-0.4, -0.2) is 30.1 Å². The lowest BCUT2D eigenvalue weighted by Crippen LogP contribution is -2.35. The number of hydrogen-bond acceptors (Lipinski definition) is 5. The fourth-order valence-corrected chi connectivity index (χ4v) is 4.43. The summed E-state index contributed by atoms with van der Waals surface area (Å²) in [5, 5.41) is 4.82. The van der Waals surface area contributed by atoms with Gasteiger partial charge in [-0.1, -0.05) is 18.2 Å². The van der Waals surface area contributed by atoms with E-state index in [1.807, 2.05) is 58.8 Å². The van der Waals surface area contributed by atoms with E-state index < -0.39 is 0 Å². The average Bonchev–Trinajstić information content (AvgIpc) is 3.48. The maximum absolute atomic E-state index is 12.7. The molecule has 0 radical (unpaired) electrons. The molecule has 3 heterocycles. The molecule has 31 heavy (non-hydrogen) atoms. The quantitative estimate of drug-likeness (QED) is 0.624. The van der Waals surface area contributed by atoms with Crippen LogP contribution in [0.3, 0.4) is 0 Å². The van der Waals surface area contributed by atoms with Gasteiger partial charge in [-0.2, -0.15) is 0 Å². The first-order valence-electron chi connectivity index (χ1n) is 9.99. The Morgan fingerprint density at radius 1 is 1.03 bits per heavy atom. The number of rotatable bonds is 4. The van der Waals surface area contributed by atoms with Crippen LogP contribution >= 0.6 is 11.3 Å². The third kappa shape index (κ3) is 4.18. The Kier molecular flexibility index (Phi) is 5.18. The van der Waals surface area contributed by atoms with Gasteiger partial charge in [-0.25, -0.2) is 0 Å². The summed E-state index contributed by atoms with van der Waals surface area (Å²) in [6.07, 6.45) is 4.03. The number of thiophene rings is 1. The molecule has 156 valence electrons. The number of hydrogen-bond donors (Lipinski definition) is 1. The van der Waals surface area contributed by atoms with Gasteiger partial charge in [0.2, 0.25) is 12.7 Å². The minimum absolute atomic E-state index is 0.0572. The normalized spacial score (nSPS) is 14.5. The number of carbonyl (C=O) groups is 2. The number of fused-ring (bicyclic) bond motifs is 2. The van der Waals surface area contributed by atoms with Gasteiger partial charge in [0, 0.05) is 24.9 Å². The van der Waals surface area contributed by atoms with Crippen LogP contribution in [0.15, 0.2) is 60.0 Å². The van der Waals surface area contributed by atoms with Gasteiger partial charge in [-0.15, -0.1) is 11.3 Å². The summed E-state index contributed by atoms with van der Waals surface area (Å²) in [4.78, 5) is 27.7. The molecule has 3 aromatic rings. The lowest BCUT2D eigenvalue weighted by molar-refractivity contribution is -0.111. The van der Waals surface area contributed by atoms with E-state index in [0.29, 0.717) is 30.3 Å². The standard InChI is InChI=1S/C24H20N2O4S/c27-23(8-4-16-3-7-20-21(12-16)30-15-29-20)25-19-6-5-17-9-10-26(14-18(17)13-19)24(28)22-2-1-11-31-22/h1-8,11-13H,9-10,14-15H2,(H,25,27). The zero-order chi connectivity index (χ0) is 21.2. The van der Waals surface area contributed by atoms with Crippen LogP contribution in [0.1, 0.15) is 26.4 Å². The van der Waals surface area contributed by atoms with Crippen LogP contribution < -0.4 is 14.8 Å². The Morgan fingerprint density at radius 3 is 2.81 bits per heavy atom. The van der Waals surface area contributed by atoms with E-state index in [-0.39, 0.29) is 18.6 Å². The molecule has 5 rings (SSSR count). The number of amides is 2. The van der Waals surface area contributed by atoms with E-state index in [4.69, 9.17) is 9.47 Å². The van der Waals surface area contributed by atoms with Crippen molar-refractivity contribution in [2.24, 2.45) is 0 Å². The van der Waals surface area contributed by atoms with Crippen LogP contribution in [0.2, 0.25) is 0 Å². The van der Waals surface area contributed by atoms with Crippen LogP contribution in [0, 0.1) is 0 Å². The van der Waals surface area contributed by atoms with Crippen molar-refractivity contribution in [3.8, 4) is 11.5 Å². The topological polar surface area (TPSA) is 67.9 Å². The van der Waals surface area contributed by atoms with E-state index in [1.54, 1.807) is 6.08 Å². The van der Waals surface area contributed by atoms with Gasteiger partial charge < -0.3 is 19.7 Å². The summed E-state index contributed by atoms with van der Waals surface area (Å²) in [5.41, 5.74) is 3.84. The zero-order valence-corrected chi connectivity index (χ0v) is 17.5. The van der Waals surface area contributed by atoms with Crippen molar-refractivity contribution in [3.63, 3.8) is 0 Å². The Labute approximate surface area is 183 Å². The van der Waals surface area contributed by atoms with Crippen molar-refractivity contribution in [3.05, 3.63) is 81.6 Å². The average molecular weight is 433 g/mol. The summed E-state index contributed by atoms with van der Waals surface area (Å²) in [5.74, 6) is 1.22. The number of nitrogens with one attached hydrogen (secondary N) is 1. The maximum Gasteiger partial charge on any atom is 0.264 e. The minimum atomic E-state index is -0.222. The maximum atomic E-state index is 12.7. The lowest BCUT2D eigenvalue weighted by Gasteiger charge is -2.29. The molecule has 0 unspecified atom stereocenters. The fourth-order valence-electron chi connectivity index (χ4n) is 3.74. The molecule has 2 aromatic carbocycles. The van der Waals surface area contributed by atoms with E-state index in [0.717, 1.165) is 22.4 Å². The molecule has 2 aliphatic heterocycles. The summed E-state index contributed by atoms with van der Waals surface area (Å²) in [7, 11) is 0. The van der Waals surface area contributed by atoms with Crippen LogP contribution in [0.4, 0.5) is 5.69 Å². The molecule has 0 saturated carbocycles. The largest absolute Gasteiger partial charge is 0.454 e. The molecule has 0 saturated heterocycles. The Hall–Kier alpha value is -3.58. The Balaban J connectivity index is 1.25. The highest BCUT2D eigenvalue weighted by Crippen LogP contribution is 2.32. The fraction of sp³-hybridized carbons (Fsp3) is 0.167. The summed E-state index contributed by atoms with van der Waals surface area (Å²) < 4.78 is 10.7. The van der Waals surface area contributed by atoms with Gasteiger partial charge in [0.05, 0.1) is 4.88 Å². The summed E-state index contributed by atoms with van der Waals surface area (Å²) >= 11 is 1.46. The summed E-state index contributed by atoms with van der Waals surface area (Å²) in [6, 6.07) is 15.2.